The summed E-state index contributed by atoms with van der Waals surface area (Å²) in [6.45, 7) is 0. The van der Waals surface area contributed by atoms with E-state index in [0.29, 0.717) is 11.8 Å². The van der Waals surface area contributed by atoms with Crippen molar-refractivity contribution >= 4 is 23.1 Å². The second-order valence-corrected chi connectivity index (χ2v) is 4.89. The average Bonchev–Trinajstić information content (AvgIpc) is 2.63. The standard InChI is InChI=1S/C17H17N5O/c1-22(14-6-4-3-5-7-14)16-12-18-21-17(20-16)19-13-8-10-15(23-2)11-9-13/h3-12H,1-2H3,(H,19,20,21). The smallest absolute Gasteiger partial charge is 0.249 e. The molecule has 1 aromatic heterocycles. The lowest BCUT2D eigenvalue weighted by Gasteiger charge is -2.18. The second kappa shape index (κ2) is 6.74. The first kappa shape index (κ1) is 14.8. The number of hydrogen-bond acceptors (Lipinski definition) is 6. The molecule has 6 nitrogen and oxygen atoms in total. The number of aromatic nitrogens is 3. The van der Waals surface area contributed by atoms with Crippen molar-refractivity contribution in [2.75, 3.05) is 24.4 Å². The summed E-state index contributed by atoms with van der Waals surface area (Å²) in [7, 11) is 3.58. The Morgan fingerprint density at radius 2 is 1.74 bits per heavy atom. The summed E-state index contributed by atoms with van der Waals surface area (Å²) in [4.78, 5) is 6.45. The molecule has 0 aliphatic carbocycles. The molecular formula is C17H17N5O. The van der Waals surface area contributed by atoms with Gasteiger partial charge in [-0.05, 0) is 36.4 Å². The van der Waals surface area contributed by atoms with Crippen LogP contribution in [0.4, 0.5) is 23.1 Å². The molecule has 1 N–H and O–H groups in total. The number of nitrogens with zero attached hydrogens (tertiary/aromatic N) is 4. The van der Waals surface area contributed by atoms with Gasteiger partial charge in [-0.1, -0.05) is 18.2 Å². The first-order valence-corrected chi connectivity index (χ1v) is 7.16. The van der Waals surface area contributed by atoms with Gasteiger partial charge in [0.15, 0.2) is 5.82 Å². The predicted octanol–water partition coefficient (Wildman–Crippen LogP) is 3.39. The van der Waals surface area contributed by atoms with E-state index < -0.39 is 0 Å². The Bertz CT molecular complexity index is 761. The van der Waals surface area contributed by atoms with E-state index >= 15 is 0 Å². The highest BCUT2D eigenvalue weighted by atomic mass is 16.5. The fourth-order valence-electron chi connectivity index (χ4n) is 2.10. The zero-order chi connectivity index (χ0) is 16.1. The second-order valence-electron chi connectivity index (χ2n) is 4.89. The van der Waals surface area contributed by atoms with Crippen molar-refractivity contribution in [2.24, 2.45) is 0 Å². The molecule has 0 unspecified atom stereocenters. The van der Waals surface area contributed by atoms with Crippen LogP contribution in [-0.4, -0.2) is 29.3 Å². The SMILES string of the molecule is COc1ccc(Nc2nncc(N(C)c3ccccc3)n2)cc1. The van der Waals surface area contributed by atoms with Crippen LogP contribution in [0.25, 0.3) is 0 Å². The molecule has 0 atom stereocenters. The number of para-hydroxylation sites is 1. The zero-order valence-corrected chi connectivity index (χ0v) is 13.0. The maximum atomic E-state index is 5.14. The molecule has 0 aliphatic rings. The van der Waals surface area contributed by atoms with Crippen molar-refractivity contribution in [1.29, 1.82) is 0 Å². The Balaban J connectivity index is 1.79. The van der Waals surface area contributed by atoms with Crippen LogP contribution >= 0.6 is 0 Å². The third-order valence-corrected chi connectivity index (χ3v) is 3.38. The molecule has 1 heterocycles. The highest BCUT2D eigenvalue weighted by Gasteiger charge is 2.07. The van der Waals surface area contributed by atoms with Crippen LogP contribution in [-0.2, 0) is 0 Å². The summed E-state index contributed by atoms with van der Waals surface area (Å²) in [5, 5.41) is 11.2. The largest absolute Gasteiger partial charge is 0.497 e. The minimum atomic E-state index is 0.440. The van der Waals surface area contributed by atoms with Crippen LogP contribution in [0.15, 0.2) is 60.8 Å². The van der Waals surface area contributed by atoms with Crippen molar-refractivity contribution < 1.29 is 4.74 Å². The van der Waals surface area contributed by atoms with Gasteiger partial charge >= 0.3 is 0 Å². The summed E-state index contributed by atoms with van der Waals surface area (Å²) in [5.41, 5.74) is 1.90. The lowest BCUT2D eigenvalue weighted by molar-refractivity contribution is 0.415. The Morgan fingerprint density at radius 1 is 1.00 bits per heavy atom. The molecule has 0 radical (unpaired) electrons. The van der Waals surface area contributed by atoms with Crippen LogP contribution in [0.2, 0.25) is 0 Å². The lowest BCUT2D eigenvalue weighted by atomic mass is 10.3. The molecule has 0 spiro atoms. The molecule has 3 aromatic rings. The van der Waals surface area contributed by atoms with Gasteiger partial charge in [0.25, 0.3) is 0 Å². The first-order valence-electron chi connectivity index (χ1n) is 7.16. The van der Waals surface area contributed by atoms with E-state index in [9.17, 15) is 0 Å². The van der Waals surface area contributed by atoms with Crippen molar-refractivity contribution in [3.63, 3.8) is 0 Å². The molecular weight excluding hydrogens is 290 g/mol. The molecule has 0 saturated carbocycles. The van der Waals surface area contributed by atoms with Gasteiger partial charge in [-0.25, -0.2) is 0 Å². The molecule has 0 amide bonds. The number of anilines is 4. The topological polar surface area (TPSA) is 63.2 Å². The number of nitrogens with one attached hydrogen (secondary N) is 1. The molecule has 23 heavy (non-hydrogen) atoms. The van der Waals surface area contributed by atoms with E-state index in [-0.39, 0.29) is 0 Å². The molecule has 0 bridgehead atoms. The Labute approximate surface area is 134 Å². The predicted molar refractivity (Wildman–Crippen MR) is 90.6 cm³/mol. The van der Waals surface area contributed by atoms with Gasteiger partial charge < -0.3 is 15.0 Å². The van der Waals surface area contributed by atoms with Crippen molar-refractivity contribution in [1.82, 2.24) is 15.2 Å². The number of ether oxygens (including phenoxy) is 1. The van der Waals surface area contributed by atoms with E-state index in [2.05, 4.69) is 20.5 Å². The summed E-state index contributed by atoms with van der Waals surface area (Å²) >= 11 is 0. The van der Waals surface area contributed by atoms with Gasteiger partial charge in [0.2, 0.25) is 5.95 Å². The highest BCUT2D eigenvalue weighted by Crippen LogP contribution is 2.22. The van der Waals surface area contributed by atoms with Gasteiger partial charge in [0.05, 0.1) is 13.3 Å². The highest BCUT2D eigenvalue weighted by molar-refractivity contribution is 5.60. The number of rotatable bonds is 5. The van der Waals surface area contributed by atoms with E-state index in [1.807, 2.05) is 66.5 Å². The maximum absolute atomic E-state index is 5.14. The monoisotopic (exact) mass is 307 g/mol. The molecule has 6 heteroatoms. The van der Waals surface area contributed by atoms with E-state index in [4.69, 9.17) is 4.74 Å². The molecule has 0 saturated heterocycles. The van der Waals surface area contributed by atoms with Gasteiger partial charge in [0.1, 0.15) is 5.75 Å². The van der Waals surface area contributed by atoms with Crippen molar-refractivity contribution in [3.05, 3.63) is 60.8 Å². The molecule has 2 aromatic carbocycles. The lowest BCUT2D eigenvalue weighted by Crippen LogP contribution is -2.13. The first-order chi connectivity index (χ1) is 11.3. The minimum Gasteiger partial charge on any atom is -0.497 e. The average molecular weight is 307 g/mol. The van der Waals surface area contributed by atoms with Gasteiger partial charge in [-0.2, -0.15) is 10.1 Å². The Kier molecular flexibility index (Phi) is 4.33. The number of methoxy groups -OCH3 is 1. The molecule has 0 fully saturated rings. The van der Waals surface area contributed by atoms with Gasteiger partial charge in [-0.15, -0.1) is 5.10 Å². The molecule has 3 rings (SSSR count). The summed E-state index contributed by atoms with van der Waals surface area (Å²) in [5.74, 6) is 1.95. The Hall–Kier alpha value is -3.15. The van der Waals surface area contributed by atoms with Crippen LogP contribution in [0, 0.1) is 0 Å². The maximum Gasteiger partial charge on any atom is 0.249 e. The summed E-state index contributed by atoms with van der Waals surface area (Å²) < 4.78 is 5.14. The third-order valence-electron chi connectivity index (χ3n) is 3.38. The number of hydrogen-bond donors (Lipinski definition) is 1. The van der Waals surface area contributed by atoms with Crippen LogP contribution in [0.3, 0.4) is 0 Å². The number of benzene rings is 2. The third kappa shape index (κ3) is 3.55. The van der Waals surface area contributed by atoms with Crippen LogP contribution in [0.1, 0.15) is 0 Å². The molecule has 0 aliphatic heterocycles. The van der Waals surface area contributed by atoms with E-state index in [0.717, 1.165) is 17.1 Å². The summed E-state index contributed by atoms with van der Waals surface area (Å²) in [6.07, 6.45) is 1.63. The fourth-order valence-corrected chi connectivity index (χ4v) is 2.10. The molecule has 116 valence electrons. The quantitative estimate of drug-likeness (QED) is 0.779. The van der Waals surface area contributed by atoms with Crippen LogP contribution in [0.5, 0.6) is 5.75 Å². The zero-order valence-electron chi connectivity index (χ0n) is 13.0. The van der Waals surface area contributed by atoms with Gasteiger partial charge in [-0.3, -0.25) is 0 Å². The minimum absolute atomic E-state index is 0.440. The van der Waals surface area contributed by atoms with E-state index in [1.165, 1.54) is 0 Å². The fraction of sp³-hybridized carbons (Fsp3) is 0.118. The van der Waals surface area contributed by atoms with Gasteiger partial charge in [0, 0.05) is 18.4 Å². The Morgan fingerprint density at radius 3 is 2.43 bits per heavy atom. The van der Waals surface area contributed by atoms with Crippen molar-refractivity contribution in [2.45, 2.75) is 0 Å². The van der Waals surface area contributed by atoms with Crippen LogP contribution < -0.4 is 15.0 Å². The normalized spacial score (nSPS) is 10.2. The van der Waals surface area contributed by atoms with Crippen molar-refractivity contribution in [3.8, 4) is 5.75 Å². The summed E-state index contributed by atoms with van der Waals surface area (Å²) in [6, 6.07) is 17.5. The van der Waals surface area contributed by atoms with E-state index in [1.54, 1.807) is 13.3 Å².